The highest BCUT2D eigenvalue weighted by Crippen LogP contribution is 2.27. The summed E-state index contributed by atoms with van der Waals surface area (Å²) in [6, 6.07) is 5.50. The Morgan fingerprint density at radius 1 is 1.47 bits per heavy atom. The molecule has 1 aromatic carbocycles. The molecule has 1 atom stereocenters. The van der Waals surface area contributed by atoms with E-state index in [1.165, 1.54) is 19.2 Å². The van der Waals surface area contributed by atoms with Crippen LogP contribution in [0.5, 0.6) is 0 Å². The van der Waals surface area contributed by atoms with Crippen LogP contribution in [0.2, 0.25) is 0 Å². The summed E-state index contributed by atoms with van der Waals surface area (Å²) >= 11 is 5.07. The zero-order chi connectivity index (χ0) is 14.0. The van der Waals surface area contributed by atoms with Gasteiger partial charge in [0, 0.05) is 5.70 Å². The minimum Gasteiger partial charge on any atom is -0.466 e. The lowest BCUT2D eigenvalue weighted by Gasteiger charge is -2.29. The molecule has 0 radical (unpaired) electrons. The van der Waals surface area contributed by atoms with Gasteiger partial charge in [0.25, 0.3) is 0 Å². The first kappa shape index (κ1) is 13.5. The summed E-state index contributed by atoms with van der Waals surface area (Å²) in [4.78, 5) is 11.9. The highest BCUT2D eigenvalue weighted by Gasteiger charge is 2.30. The first-order valence-corrected chi connectivity index (χ1v) is 6.06. The molecule has 100 valence electrons. The average Bonchev–Trinajstić information content (AvgIpc) is 2.37. The van der Waals surface area contributed by atoms with Gasteiger partial charge in [0.15, 0.2) is 5.11 Å². The molecule has 0 amide bonds. The van der Waals surface area contributed by atoms with Crippen molar-refractivity contribution in [2.24, 2.45) is 0 Å². The molecule has 4 nitrogen and oxygen atoms in total. The molecule has 1 aliphatic heterocycles. The largest absolute Gasteiger partial charge is 0.466 e. The fraction of sp³-hybridized carbons (Fsp3) is 0.231. The van der Waals surface area contributed by atoms with E-state index in [1.807, 2.05) is 0 Å². The topological polar surface area (TPSA) is 50.4 Å². The minimum absolute atomic E-state index is 0.370. The summed E-state index contributed by atoms with van der Waals surface area (Å²) in [6.07, 6.45) is 0. The lowest BCUT2D eigenvalue weighted by Crippen LogP contribution is -2.45. The van der Waals surface area contributed by atoms with E-state index in [-0.39, 0.29) is 5.82 Å². The number of halogens is 1. The fourth-order valence-electron chi connectivity index (χ4n) is 2.01. The molecular weight excluding hydrogens is 267 g/mol. The molecule has 0 saturated carbocycles. The van der Waals surface area contributed by atoms with Gasteiger partial charge in [-0.1, -0.05) is 12.1 Å². The molecule has 0 aliphatic carbocycles. The van der Waals surface area contributed by atoms with Gasteiger partial charge in [-0.25, -0.2) is 9.18 Å². The van der Waals surface area contributed by atoms with Crippen LogP contribution in [0.4, 0.5) is 4.39 Å². The number of hydrogen-bond acceptors (Lipinski definition) is 3. The minimum atomic E-state index is -0.517. The lowest BCUT2D eigenvalue weighted by atomic mass is 9.96. The number of benzene rings is 1. The van der Waals surface area contributed by atoms with Gasteiger partial charge in [-0.05, 0) is 36.8 Å². The molecule has 19 heavy (non-hydrogen) atoms. The van der Waals surface area contributed by atoms with Crippen LogP contribution >= 0.6 is 12.2 Å². The van der Waals surface area contributed by atoms with Crippen LogP contribution in [0.1, 0.15) is 18.5 Å². The third-order valence-corrected chi connectivity index (χ3v) is 3.08. The number of methoxy groups -OCH3 is 1. The standard InChI is InChI=1S/C13H13FN2O2S/c1-7-10(12(17)18-2)11(16-13(19)15-7)8-4-3-5-9(14)6-8/h3-6,11H,1-2H3,(H2,15,16,19). The molecule has 1 unspecified atom stereocenters. The van der Waals surface area contributed by atoms with E-state index in [0.29, 0.717) is 21.9 Å². The number of hydrogen-bond donors (Lipinski definition) is 2. The number of esters is 1. The maximum atomic E-state index is 13.3. The number of carbonyl (C=O) groups excluding carboxylic acids is 1. The second kappa shape index (κ2) is 5.36. The summed E-state index contributed by atoms with van der Waals surface area (Å²) in [7, 11) is 1.30. The summed E-state index contributed by atoms with van der Waals surface area (Å²) in [5, 5.41) is 6.20. The van der Waals surface area contributed by atoms with Gasteiger partial charge < -0.3 is 15.4 Å². The predicted octanol–water partition coefficient (Wildman–Crippen LogP) is 1.79. The predicted molar refractivity (Wildman–Crippen MR) is 72.7 cm³/mol. The summed E-state index contributed by atoms with van der Waals surface area (Å²) in [6.45, 7) is 1.73. The van der Waals surface area contributed by atoms with Crippen molar-refractivity contribution in [3.8, 4) is 0 Å². The van der Waals surface area contributed by atoms with Crippen molar-refractivity contribution >= 4 is 23.3 Å². The average molecular weight is 280 g/mol. The van der Waals surface area contributed by atoms with Crippen molar-refractivity contribution in [2.75, 3.05) is 7.11 Å². The summed E-state index contributed by atoms with van der Waals surface area (Å²) in [5.41, 5.74) is 1.61. The number of ether oxygens (including phenoxy) is 1. The van der Waals surface area contributed by atoms with E-state index in [0.717, 1.165) is 0 Å². The van der Waals surface area contributed by atoms with Gasteiger partial charge in [0.1, 0.15) is 5.82 Å². The Bertz CT molecular complexity index is 572. The maximum Gasteiger partial charge on any atom is 0.337 e. The van der Waals surface area contributed by atoms with Crippen LogP contribution in [0.3, 0.4) is 0 Å². The first-order chi connectivity index (χ1) is 9.02. The molecule has 6 heteroatoms. The monoisotopic (exact) mass is 280 g/mol. The Kier molecular flexibility index (Phi) is 3.80. The molecule has 0 spiro atoms. The van der Waals surface area contributed by atoms with Gasteiger partial charge >= 0.3 is 5.97 Å². The van der Waals surface area contributed by atoms with Gasteiger partial charge in [0.2, 0.25) is 0 Å². The maximum absolute atomic E-state index is 13.3. The van der Waals surface area contributed by atoms with Crippen LogP contribution in [0.15, 0.2) is 35.5 Å². The van der Waals surface area contributed by atoms with E-state index in [1.54, 1.807) is 19.1 Å². The lowest BCUT2D eigenvalue weighted by molar-refractivity contribution is -0.136. The van der Waals surface area contributed by atoms with Crippen LogP contribution in [-0.4, -0.2) is 18.2 Å². The Labute approximate surface area is 115 Å². The van der Waals surface area contributed by atoms with Crippen molar-refractivity contribution < 1.29 is 13.9 Å². The second-order valence-electron chi connectivity index (χ2n) is 4.12. The Morgan fingerprint density at radius 3 is 2.84 bits per heavy atom. The fourth-order valence-corrected chi connectivity index (χ4v) is 2.28. The van der Waals surface area contributed by atoms with Gasteiger partial charge in [-0.3, -0.25) is 0 Å². The van der Waals surface area contributed by atoms with E-state index in [2.05, 4.69) is 10.6 Å². The van der Waals surface area contributed by atoms with Crippen LogP contribution in [-0.2, 0) is 9.53 Å². The SMILES string of the molecule is COC(=O)C1=C(C)NC(=S)NC1c1cccc(F)c1. The van der Waals surface area contributed by atoms with Crippen molar-refractivity contribution in [1.82, 2.24) is 10.6 Å². The molecule has 0 saturated heterocycles. The third-order valence-electron chi connectivity index (χ3n) is 2.86. The number of allylic oxidation sites excluding steroid dienone is 1. The molecule has 2 N–H and O–H groups in total. The molecular formula is C13H13FN2O2S. The number of rotatable bonds is 2. The van der Waals surface area contributed by atoms with Crippen LogP contribution in [0, 0.1) is 5.82 Å². The third kappa shape index (κ3) is 2.73. The van der Waals surface area contributed by atoms with E-state index in [4.69, 9.17) is 17.0 Å². The number of thiocarbonyl (C=S) groups is 1. The summed E-state index contributed by atoms with van der Waals surface area (Å²) in [5.74, 6) is -0.847. The highest BCUT2D eigenvalue weighted by molar-refractivity contribution is 7.80. The Balaban J connectivity index is 2.49. The number of carbonyl (C=O) groups is 1. The Morgan fingerprint density at radius 2 is 2.21 bits per heavy atom. The molecule has 0 aromatic heterocycles. The molecule has 1 heterocycles. The smallest absolute Gasteiger partial charge is 0.337 e. The van der Waals surface area contributed by atoms with Crippen molar-refractivity contribution in [1.29, 1.82) is 0 Å². The molecule has 0 fully saturated rings. The molecule has 2 rings (SSSR count). The highest BCUT2D eigenvalue weighted by atomic mass is 32.1. The van der Waals surface area contributed by atoms with Crippen LogP contribution < -0.4 is 10.6 Å². The number of nitrogens with one attached hydrogen (secondary N) is 2. The van der Waals surface area contributed by atoms with Crippen molar-refractivity contribution in [3.63, 3.8) is 0 Å². The van der Waals surface area contributed by atoms with E-state index in [9.17, 15) is 9.18 Å². The zero-order valence-corrected chi connectivity index (χ0v) is 11.3. The first-order valence-electron chi connectivity index (χ1n) is 5.65. The van der Waals surface area contributed by atoms with Crippen molar-refractivity contribution in [2.45, 2.75) is 13.0 Å². The second-order valence-corrected chi connectivity index (χ2v) is 4.52. The van der Waals surface area contributed by atoms with E-state index < -0.39 is 12.0 Å². The van der Waals surface area contributed by atoms with Gasteiger partial charge in [0.05, 0.1) is 18.7 Å². The zero-order valence-electron chi connectivity index (χ0n) is 10.5. The van der Waals surface area contributed by atoms with E-state index >= 15 is 0 Å². The van der Waals surface area contributed by atoms with Crippen LogP contribution in [0.25, 0.3) is 0 Å². The molecule has 1 aromatic rings. The van der Waals surface area contributed by atoms with Crippen molar-refractivity contribution in [3.05, 3.63) is 46.9 Å². The molecule has 0 bridgehead atoms. The van der Waals surface area contributed by atoms with Gasteiger partial charge in [-0.15, -0.1) is 0 Å². The Hall–Kier alpha value is -1.95. The van der Waals surface area contributed by atoms with Gasteiger partial charge in [-0.2, -0.15) is 0 Å². The normalized spacial score (nSPS) is 18.7. The summed E-state index contributed by atoms with van der Waals surface area (Å²) < 4.78 is 18.1. The quantitative estimate of drug-likeness (QED) is 0.639. The molecule has 1 aliphatic rings.